The van der Waals surface area contributed by atoms with Crippen molar-refractivity contribution in [2.24, 2.45) is 5.73 Å². The van der Waals surface area contributed by atoms with E-state index in [-0.39, 0.29) is 6.54 Å². The van der Waals surface area contributed by atoms with Crippen molar-refractivity contribution in [3.8, 4) is 11.4 Å². The van der Waals surface area contributed by atoms with E-state index in [0.29, 0.717) is 17.6 Å². The van der Waals surface area contributed by atoms with Gasteiger partial charge >= 0.3 is 0 Å². The molecule has 1 fully saturated rings. The minimum absolute atomic E-state index is 0.270. The summed E-state index contributed by atoms with van der Waals surface area (Å²) >= 11 is 5.73. The van der Waals surface area contributed by atoms with Crippen LogP contribution in [0.5, 0.6) is 0 Å². The molecule has 3 rings (SSSR count). The summed E-state index contributed by atoms with van der Waals surface area (Å²) in [5.74, 6) is 4.22. The standard InChI is InChI=1S/C14H16BrN3OS/c15-12-7-10(14-17-13(8-16)19-18-14)1-2-11(12)9-3-5-20-6-4-9/h1-2,7,9H,3-6,8,16H2. The average Bonchev–Trinajstić information content (AvgIpc) is 2.97. The Balaban J connectivity index is 1.86. The fourth-order valence-corrected chi connectivity index (χ4v) is 4.27. The van der Waals surface area contributed by atoms with Gasteiger partial charge in [-0.05, 0) is 41.9 Å². The van der Waals surface area contributed by atoms with Gasteiger partial charge in [-0.1, -0.05) is 33.2 Å². The lowest BCUT2D eigenvalue weighted by molar-refractivity contribution is 0.380. The van der Waals surface area contributed by atoms with Crippen LogP contribution in [0.3, 0.4) is 0 Å². The van der Waals surface area contributed by atoms with E-state index in [1.54, 1.807) is 0 Å². The molecule has 0 amide bonds. The Bertz CT molecular complexity index is 596. The fraction of sp³-hybridized carbons (Fsp3) is 0.429. The zero-order valence-corrected chi connectivity index (χ0v) is 13.4. The molecule has 0 bridgehead atoms. The quantitative estimate of drug-likeness (QED) is 0.913. The lowest BCUT2D eigenvalue weighted by atomic mass is 9.93. The van der Waals surface area contributed by atoms with Crippen molar-refractivity contribution in [3.05, 3.63) is 34.1 Å². The van der Waals surface area contributed by atoms with Crippen LogP contribution in [0.4, 0.5) is 0 Å². The molecule has 1 aliphatic heterocycles. The third-order valence-electron chi connectivity index (χ3n) is 3.56. The first-order chi connectivity index (χ1) is 9.78. The number of nitrogens with zero attached hydrogens (tertiary/aromatic N) is 2. The number of rotatable bonds is 3. The van der Waals surface area contributed by atoms with Crippen LogP contribution < -0.4 is 5.73 Å². The molecule has 6 heteroatoms. The number of thioether (sulfide) groups is 1. The molecule has 0 atom stereocenters. The van der Waals surface area contributed by atoms with E-state index in [2.05, 4.69) is 44.3 Å². The second-order valence-corrected chi connectivity index (χ2v) is 6.92. The summed E-state index contributed by atoms with van der Waals surface area (Å²) in [6.07, 6.45) is 2.50. The van der Waals surface area contributed by atoms with Crippen LogP contribution in [0, 0.1) is 0 Å². The Labute approximate surface area is 130 Å². The maximum atomic E-state index is 5.49. The van der Waals surface area contributed by atoms with Crippen molar-refractivity contribution in [2.45, 2.75) is 25.3 Å². The van der Waals surface area contributed by atoms with Crippen LogP contribution in [0.25, 0.3) is 11.4 Å². The van der Waals surface area contributed by atoms with Gasteiger partial charge in [-0.15, -0.1) is 0 Å². The van der Waals surface area contributed by atoms with Gasteiger partial charge in [0.05, 0.1) is 6.54 Å². The normalized spacial score (nSPS) is 16.5. The predicted molar refractivity (Wildman–Crippen MR) is 84.6 cm³/mol. The van der Waals surface area contributed by atoms with Gasteiger partial charge < -0.3 is 10.3 Å². The third-order valence-corrected chi connectivity index (χ3v) is 5.30. The Morgan fingerprint density at radius 2 is 2.15 bits per heavy atom. The summed E-state index contributed by atoms with van der Waals surface area (Å²) in [5, 5.41) is 3.95. The average molecular weight is 354 g/mol. The molecule has 1 aromatic carbocycles. The van der Waals surface area contributed by atoms with Crippen molar-refractivity contribution in [1.29, 1.82) is 0 Å². The first kappa shape index (κ1) is 14.1. The third kappa shape index (κ3) is 2.92. The number of aromatic nitrogens is 2. The van der Waals surface area contributed by atoms with Crippen molar-refractivity contribution < 1.29 is 4.52 Å². The maximum absolute atomic E-state index is 5.49. The maximum Gasteiger partial charge on any atom is 0.240 e. The topological polar surface area (TPSA) is 64.9 Å². The monoisotopic (exact) mass is 353 g/mol. The van der Waals surface area contributed by atoms with Gasteiger partial charge in [0.1, 0.15) is 0 Å². The highest BCUT2D eigenvalue weighted by atomic mass is 79.9. The number of hydrogen-bond acceptors (Lipinski definition) is 5. The first-order valence-electron chi connectivity index (χ1n) is 6.68. The molecule has 0 spiro atoms. The Kier molecular flexibility index (Phi) is 4.43. The molecule has 0 radical (unpaired) electrons. The van der Waals surface area contributed by atoms with Gasteiger partial charge in [0.25, 0.3) is 0 Å². The molecule has 106 valence electrons. The molecule has 0 unspecified atom stereocenters. The number of benzene rings is 1. The van der Waals surface area contributed by atoms with Crippen molar-refractivity contribution in [1.82, 2.24) is 10.1 Å². The van der Waals surface area contributed by atoms with E-state index in [0.717, 1.165) is 10.0 Å². The van der Waals surface area contributed by atoms with Crippen LogP contribution in [0.2, 0.25) is 0 Å². The summed E-state index contributed by atoms with van der Waals surface area (Å²) in [4.78, 5) is 4.26. The lowest BCUT2D eigenvalue weighted by Gasteiger charge is -2.23. The predicted octanol–water partition coefficient (Wildman–Crippen LogP) is 3.57. The molecule has 0 aliphatic carbocycles. The molecule has 0 saturated carbocycles. The largest absolute Gasteiger partial charge is 0.338 e. The van der Waals surface area contributed by atoms with Crippen LogP contribution in [-0.2, 0) is 6.54 Å². The van der Waals surface area contributed by atoms with Crippen LogP contribution in [0.15, 0.2) is 27.2 Å². The van der Waals surface area contributed by atoms with Gasteiger partial charge in [0.2, 0.25) is 11.7 Å². The van der Waals surface area contributed by atoms with E-state index in [9.17, 15) is 0 Å². The zero-order valence-electron chi connectivity index (χ0n) is 11.0. The second-order valence-electron chi connectivity index (χ2n) is 4.84. The smallest absolute Gasteiger partial charge is 0.240 e. The Morgan fingerprint density at radius 1 is 1.35 bits per heavy atom. The highest BCUT2D eigenvalue weighted by Gasteiger charge is 2.19. The Morgan fingerprint density at radius 3 is 2.80 bits per heavy atom. The van der Waals surface area contributed by atoms with Crippen LogP contribution in [-0.4, -0.2) is 21.6 Å². The summed E-state index contributed by atoms with van der Waals surface area (Å²) in [7, 11) is 0. The van der Waals surface area contributed by atoms with Gasteiger partial charge in [-0.3, -0.25) is 0 Å². The molecule has 4 nitrogen and oxygen atoms in total. The SMILES string of the molecule is NCc1nc(-c2ccc(C3CCSCC3)c(Br)c2)no1. The lowest BCUT2D eigenvalue weighted by Crippen LogP contribution is -2.08. The van der Waals surface area contributed by atoms with E-state index < -0.39 is 0 Å². The van der Waals surface area contributed by atoms with Gasteiger partial charge in [0.15, 0.2) is 0 Å². The number of halogens is 1. The minimum atomic E-state index is 0.270. The number of hydrogen-bond donors (Lipinski definition) is 1. The van der Waals surface area contributed by atoms with E-state index in [1.165, 1.54) is 29.9 Å². The summed E-state index contributed by atoms with van der Waals surface area (Å²) in [5.41, 5.74) is 7.82. The molecular formula is C14H16BrN3OS. The molecule has 2 heterocycles. The molecule has 2 aromatic rings. The highest BCUT2D eigenvalue weighted by Crippen LogP contribution is 2.36. The molecule has 1 aromatic heterocycles. The summed E-state index contributed by atoms with van der Waals surface area (Å²) in [6, 6.07) is 6.31. The minimum Gasteiger partial charge on any atom is -0.338 e. The first-order valence-corrected chi connectivity index (χ1v) is 8.63. The van der Waals surface area contributed by atoms with Crippen molar-refractivity contribution in [2.75, 3.05) is 11.5 Å². The van der Waals surface area contributed by atoms with Gasteiger partial charge in [0, 0.05) is 10.0 Å². The number of nitrogens with two attached hydrogens (primary N) is 1. The van der Waals surface area contributed by atoms with Crippen molar-refractivity contribution >= 4 is 27.7 Å². The van der Waals surface area contributed by atoms with Crippen molar-refractivity contribution in [3.63, 3.8) is 0 Å². The second kappa shape index (κ2) is 6.28. The molecule has 1 aliphatic rings. The van der Waals surface area contributed by atoms with Crippen LogP contribution >= 0.6 is 27.7 Å². The van der Waals surface area contributed by atoms with E-state index in [4.69, 9.17) is 10.3 Å². The van der Waals surface area contributed by atoms with Crippen LogP contribution in [0.1, 0.15) is 30.2 Å². The molecule has 20 heavy (non-hydrogen) atoms. The van der Waals surface area contributed by atoms with Gasteiger partial charge in [-0.2, -0.15) is 16.7 Å². The summed E-state index contributed by atoms with van der Waals surface area (Å²) in [6.45, 7) is 0.270. The van der Waals surface area contributed by atoms with Gasteiger partial charge in [-0.25, -0.2) is 0 Å². The fourth-order valence-electron chi connectivity index (χ4n) is 2.46. The Hall–Kier alpha value is -0.850. The molecule has 2 N–H and O–H groups in total. The zero-order chi connectivity index (χ0) is 13.9. The van der Waals surface area contributed by atoms with E-state index >= 15 is 0 Å². The molecular weight excluding hydrogens is 338 g/mol. The van der Waals surface area contributed by atoms with E-state index in [1.807, 2.05) is 11.8 Å². The summed E-state index contributed by atoms with van der Waals surface area (Å²) < 4.78 is 6.18. The molecule has 1 saturated heterocycles. The highest BCUT2D eigenvalue weighted by molar-refractivity contribution is 9.10.